The Hall–Kier alpha value is -2.77. The Balaban J connectivity index is 1.83. The van der Waals surface area contributed by atoms with Crippen LogP contribution in [0.1, 0.15) is 23.2 Å². The molecule has 5 nitrogen and oxygen atoms in total. The lowest BCUT2D eigenvalue weighted by Gasteiger charge is -2.29. The van der Waals surface area contributed by atoms with Gasteiger partial charge in [0.25, 0.3) is 15.6 Å². The molecule has 0 saturated heterocycles. The standard InChI is InChI=1S/C25H17Cl3N2O3S/c26-18-12-8-16(9-13-18)24-25(17-10-14-19(27)15-11-17)30(22-6-3-7-23(31)29(22)24)34(32,33)21-5-2-1-4-20(21)28/h1-15,24-25H. The largest absolute Gasteiger partial charge is 0.284 e. The van der Waals surface area contributed by atoms with Crippen molar-refractivity contribution in [1.29, 1.82) is 0 Å². The molecule has 0 saturated carbocycles. The summed E-state index contributed by atoms with van der Waals surface area (Å²) in [6.07, 6.45) is 0. The molecule has 0 bridgehead atoms. The Kier molecular flexibility index (Phi) is 5.94. The number of aromatic nitrogens is 1. The summed E-state index contributed by atoms with van der Waals surface area (Å²) in [6, 6.07) is 23.4. The third-order valence-electron chi connectivity index (χ3n) is 5.82. The molecule has 2 unspecified atom stereocenters. The van der Waals surface area contributed by atoms with Gasteiger partial charge < -0.3 is 0 Å². The van der Waals surface area contributed by atoms with Gasteiger partial charge in [-0.1, -0.05) is 77.3 Å². The Morgan fingerprint density at radius 3 is 1.79 bits per heavy atom. The maximum Gasteiger partial charge on any atom is 0.267 e. The van der Waals surface area contributed by atoms with Crippen molar-refractivity contribution in [3.63, 3.8) is 0 Å². The molecule has 0 aliphatic carbocycles. The monoisotopic (exact) mass is 530 g/mol. The highest BCUT2D eigenvalue weighted by Crippen LogP contribution is 2.49. The van der Waals surface area contributed by atoms with E-state index in [-0.39, 0.29) is 21.3 Å². The van der Waals surface area contributed by atoms with Crippen LogP contribution in [-0.2, 0) is 10.0 Å². The molecule has 2 heterocycles. The van der Waals surface area contributed by atoms with E-state index in [0.717, 1.165) is 5.56 Å². The van der Waals surface area contributed by atoms with Crippen molar-refractivity contribution in [2.75, 3.05) is 4.31 Å². The predicted octanol–water partition coefficient (Wildman–Crippen LogP) is 6.35. The zero-order valence-corrected chi connectivity index (χ0v) is 20.6. The third kappa shape index (κ3) is 3.81. The minimum absolute atomic E-state index is 0.0461. The van der Waals surface area contributed by atoms with Crippen molar-refractivity contribution in [2.24, 2.45) is 0 Å². The Morgan fingerprint density at radius 1 is 0.647 bits per heavy atom. The lowest BCUT2D eigenvalue weighted by molar-refractivity contribution is 0.529. The average Bonchev–Trinajstić information content (AvgIpc) is 3.17. The smallest absolute Gasteiger partial charge is 0.267 e. The molecule has 0 fully saturated rings. The highest BCUT2D eigenvalue weighted by molar-refractivity contribution is 7.93. The van der Waals surface area contributed by atoms with Gasteiger partial charge in [-0.05, 0) is 53.6 Å². The number of rotatable bonds is 4. The first-order valence-corrected chi connectivity index (χ1v) is 12.9. The highest BCUT2D eigenvalue weighted by atomic mass is 35.5. The number of anilines is 1. The van der Waals surface area contributed by atoms with Crippen molar-refractivity contribution in [3.05, 3.63) is 128 Å². The van der Waals surface area contributed by atoms with E-state index < -0.39 is 22.1 Å². The summed E-state index contributed by atoms with van der Waals surface area (Å²) < 4.78 is 31.0. The Labute approximate surface area is 211 Å². The summed E-state index contributed by atoms with van der Waals surface area (Å²) in [6.45, 7) is 0. The number of halogens is 3. The van der Waals surface area contributed by atoms with Gasteiger partial charge in [-0.3, -0.25) is 9.36 Å². The fourth-order valence-corrected chi connectivity index (χ4v) is 6.75. The zero-order chi connectivity index (χ0) is 24.0. The summed E-state index contributed by atoms with van der Waals surface area (Å²) in [5.41, 5.74) is 1.08. The van der Waals surface area contributed by atoms with Gasteiger partial charge in [0.15, 0.2) is 0 Å². The maximum atomic E-state index is 14.1. The molecule has 5 rings (SSSR count). The summed E-state index contributed by atoms with van der Waals surface area (Å²) in [4.78, 5) is 13.1. The van der Waals surface area contributed by atoms with Gasteiger partial charge in [-0.15, -0.1) is 0 Å². The minimum Gasteiger partial charge on any atom is -0.284 e. The summed E-state index contributed by atoms with van der Waals surface area (Å²) >= 11 is 18.6. The van der Waals surface area contributed by atoms with E-state index in [1.54, 1.807) is 72.8 Å². The van der Waals surface area contributed by atoms with Gasteiger partial charge in [0, 0.05) is 16.1 Å². The molecular formula is C25H17Cl3N2O3S. The van der Waals surface area contributed by atoms with Crippen LogP contribution in [0.3, 0.4) is 0 Å². The van der Waals surface area contributed by atoms with Crippen molar-refractivity contribution >= 4 is 50.6 Å². The van der Waals surface area contributed by atoms with E-state index >= 15 is 0 Å². The van der Waals surface area contributed by atoms with E-state index in [1.807, 2.05) is 0 Å². The van der Waals surface area contributed by atoms with Crippen LogP contribution in [0, 0.1) is 0 Å². The van der Waals surface area contributed by atoms with Gasteiger partial charge >= 0.3 is 0 Å². The molecule has 3 aromatic carbocycles. The normalized spacial score (nSPS) is 17.6. The number of sulfonamides is 1. The molecule has 1 aliphatic rings. The summed E-state index contributed by atoms with van der Waals surface area (Å²) in [5, 5.41) is 1.14. The van der Waals surface area contributed by atoms with E-state index in [4.69, 9.17) is 34.8 Å². The predicted molar refractivity (Wildman–Crippen MR) is 136 cm³/mol. The molecule has 172 valence electrons. The van der Waals surface area contributed by atoms with Crippen LogP contribution in [0.5, 0.6) is 0 Å². The molecule has 0 spiro atoms. The summed E-state index contributed by atoms with van der Waals surface area (Å²) in [7, 11) is -4.17. The quantitative estimate of drug-likeness (QED) is 0.308. The maximum absolute atomic E-state index is 14.1. The molecular weight excluding hydrogens is 515 g/mol. The molecule has 9 heteroatoms. The number of benzene rings is 3. The number of hydrogen-bond donors (Lipinski definition) is 0. The fraction of sp³-hybridized carbons (Fsp3) is 0.0800. The zero-order valence-electron chi connectivity index (χ0n) is 17.5. The lowest BCUT2D eigenvalue weighted by atomic mass is 9.94. The van der Waals surface area contributed by atoms with Crippen LogP contribution in [0.4, 0.5) is 5.82 Å². The lowest BCUT2D eigenvalue weighted by Crippen LogP contribution is -2.34. The number of pyridine rings is 1. The van der Waals surface area contributed by atoms with Crippen LogP contribution < -0.4 is 9.86 Å². The molecule has 4 aromatic rings. The van der Waals surface area contributed by atoms with Crippen LogP contribution in [0.25, 0.3) is 0 Å². The minimum atomic E-state index is -4.17. The van der Waals surface area contributed by atoms with Gasteiger partial charge in [0.2, 0.25) is 0 Å². The molecule has 0 amide bonds. The molecule has 0 radical (unpaired) electrons. The molecule has 1 aliphatic heterocycles. The number of fused-ring (bicyclic) bond motifs is 1. The second-order valence-electron chi connectivity index (χ2n) is 7.82. The Bertz CT molecular complexity index is 1540. The van der Waals surface area contributed by atoms with E-state index in [2.05, 4.69) is 0 Å². The van der Waals surface area contributed by atoms with Crippen LogP contribution in [-0.4, -0.2) is 13.0 Å². The van der Waals surface area contributed by atoms with E-state index in [9.17, 15) is 13.2 Å². The molecule has 1 aromatic heterocycles. The number of hydrogen-bond acceptors (Lipinski definition) is 3. The topological polar surface area (TPSA) is 59.4 Å². The van der Waals surface area contributed by atoms with Crippen LogP contribution in [0.15, 0.2) is 101 Å². The van der Waals surface area contributed by atoms with Crippen molar-refractivity contribution in [3.8, 4) is 0 Å². The second kappa shape index (κ2) is 8.78. The number of nitrogens with zero attached hydrogens (tertiary/aromatic N) is 2. The van der Waals surface area contributed by atoms with Crippen molar-refractivity contribution in [2.45, 2.75) is 17.0 Å². The first-order chi connectivity index (χ1) is 16.3. The SMILES string of the molecule is O=c1cccc2n1C(c1ccc(Cl)cc1)C(c1ccc(Cl)cc1)N2S(=O)(=O)c1ccccc1Cl. The van der Waals surface area contributed by atoms with Gasteiger partial charge in [-0.2, -0.15) is 0 Å². The van der Waals surface area contributed by atoms with E-state index in [0.29, 0.717) is 15.6 Å². The van der Waals surface area contributed by atoms with Crippen molar-refractivity contribution in [1.82, 2.24) is 4.57 Å². The molecule has 2 atom stereocenters. The third-order valence-corrected chi connectivity index (χ3v) is 8.61. The first-order valence-electron chi connectivity index (χ1n) is 10.3. The first kappa shape index (κ1) is 23.0. The average molecular weight is 532 g/mol. The van der Waals surface area contributed by atoms with Crippen LogP contribution in [0.2, 0.25) is 15.1 Å². The van der Waals surface area contributed by atoms with Gasteiger partial charge in [0.05, 0.1) is 17.1 Å². The van der Waals surface area contributed by atoms with Gasteiger partial charge in [0.1, 0.15) is 10.7 Å². The molecule has 34 heavy (non-hydrogen) atoms. The molecule has 0 N–H and O–H groups in total. The van der Waals surface area contributed by atoms with Gasteiger partial charge in [-0.25, -0.2) is 12.7 Å². The fourth-order valence-electron chi connectivity index (χ4n) is 4.36. The second-order valence-corrected chi connectivity index (χ2v) is 10.9. The van der Waals surface area contributed by atoms with Crippen molar-refractivity contribution < 1.29 is 8.42 Å². The van der Waals surface area contributed by atoms with E-state index in [1.165, 1.54) is 27.1 Å². The van der Waals surface area contributed by atoms with Crippen LogP contribution >= 0.6 is 34.8 Å². The summed E-state index contributed by atoms with van der Waals surface area (Å²) in [5.74, 6) is 0.243. The Morgan fingerprint density at radius 2 is 1.21 bits per heavy atom. The highest BCUT2D eigenvalue weighted by Gasteiger charge is 2.47.